The summed E-state index contributed by atoms with van der Waals surface area (Å²) >= 11 is 0. The minimum Gasteiger partial charge on any atom is -0.493 e. The lowest BCUT2D eigenvalue weighted by Gasteiger charge is -2.13. The number of hydrogen-bond acceptors (Lipinski definition) is 4. The first-order chi connectivity index (χ1) is 8.74. The quantitative estimate of drug-likeness (QED) is 0.851. The Morgan fingerprint density at radius 1 is 1.22 bits per heavy atom. The molecule has 0 unspecified atom stereocenters. The molecule has 0 spiro atoms. The van der Waals surface area contributed by atoms with Crippen molar-refractivity contribution in [2.24, 2.45) is 0 Å². The van der Waals surface area contributed by atoms with Crippen molar-refractivity contribution >= 4 is 5.69 Å². The molecular formula is C13H17N3O2. The van der Waals surface area contributed by atoms with Gasteiger partial charge in [0.15, 0.2) is 11.5 Å². The van der Waals surface area contributed by atoms with Gasteiger partial charge < -0.3 is 14.8 Å². The number of nitrogens with one attached hydrogen (secondary N) is 2. The van der Waals surface area contributed by atoms with Gasteiger partial charge >= 0.3 is 0 Å². The van der Waals surface area contributed by atoms with Crippen LogP contribution in [0.5, 0.6) is 11.5 Å². The Bertz CT molecular complexity index is 509. The van der Waals surface area contributed by atoms with Crippen molar-refractivity contribution in [3.05, 3.63) is 35.7 Å². The predicted octanol–water partition coefficient (Wildman–Crippen LogP) is 2.35. The summed E-state index contributed by atoms with van der Waals surface area (Å²) in [6.45, 7) is 2.72. The van der Waals surface area contributed by atoms with Crippen LogP contribution < -0.4 is 14.8 Å². The van der Waals surface area contributed by atoms with E-state index in [-0.39, 0.29) is 0 Å². The Morgan fingerprint density at radius 3 is 2.56 bits per heavy atom. The maximum absolute atomic E-state index is 5.28. The molecule has 2 N–H and O–H groups in total. The average Bonchev–Trinajstić information content (AvgIpc) is 2.90. The minimum absolute atomic E-state index is 0.691. The monoisotopic (exact) mass is 247 g/mol. The zero-order valence-electron chi connectivity index (χ0n) is 10.8. The number of aromatic amines is 1. The van der Waals surface area contributed by atoms with Gasteiger partial charge in [-0.25, -0.2) is 0 Å². The standard InChI is InChI=1S/C13H17N3O2/c1-9-6-12(17-2)13(18-3)7-11(9)14-8-10-4-5-15-16-10/h4-7,14H,8H2,1-3H3,(H,15,16). The molecular weight excluding hydrogens is 230 g/mol. The molecule has 0 aliphatic heterocycles. The first kappa shape index (κ1) is 12.3. The highest BCUT2D eigenvalue weighted by Crippen LogP contribution is 2.32. The molecule has 0 bridgehead atoms. The van der Waals surface area contributed by atoms with Gasteiger partial charge in [0.05, 0.1) is 26.5 Å². The highest BCUT2D eigenvalue weighted by Gasteiger charge is 2.08. The van der Waals surface area contributed by atoms with Crippen LogP contribution in [0.3, 0.4) is 0 Å². The molecule has 2 rings (SSSR count). The van der Waals surface area contributed by atoms with Crippen LogP contribution in [-0.4, -0.2) is 24.4 Å². The van der Waals surface area contributed by atoms with Crippen LogP contribution in [0.1, 0.15) is 11.3 Å². The van der Waals surface area contributed by atoms with E-state index in [2.05, 4.69) is 15.5 Å². The van der Waals surface area contributed by atoms with Gasteiger partial charge in [-0.3, -0.25) is 5.10 Å². The van der Waals surface area contributed by atoms with E-state index in [0.717, 1.165) is 28.4 Å². The average molecular weight is 247 g/mol. The fourth-order valence-corrected chi connectivity index (χ4v) is 1.74. The molecule has 5 nitrogen and oxygen atoms in total. The molecule has 96 valence electrons. The number of H-pyrrole nitrogens is 1. The van der Waals surface area contributed by atoms with Gasteiger partial charge in [-0.2, -0.15) is 5.10 Å². The third-order valence-electron chi connectivity index (χ3n) is 2.76. The Balaban J connectivity index is 2.17. The molecule has 5 heteroatoms. The second-order valence-electron chi connectivity index (χ2n) is 3.96. The first-order valence-electron chi connectivity index (χ1n) is 5.69. The van der Waals surface area contributed by atoms with Crippen molar-refractivity contribution in [3.63, 3.8) is 0 Å². The summed E-state index contributed by atoms with van der Waals surface area (Å²) in [4.78, 5) is 0. The fraction of sp³-hybridized carbons (Fsp3) is 0.308. The number of aryl methyl sites for hydroxylation is 1. The highest BCUT2D eigenvalue weighted by molar-refractivity contribution is 5.60. The number of benzene rings is 1. The summed E-state index contributed by atoms with van der Waals surface area (Å²) in [5.41, 5.74) is 3.15. The van der Waals surface area contributed by atoms with E-state index in [1.54, 1.807) is 20.4 Å². The number of anilines is 1. The van der Waals surface area contributed by atoms with Gasteiger partial charge in [-0.05, 0) is 24.6 Å². The van der Waals surface area contributed by atoms with Crippen LogP contribution >= 0.6 is 0 Å². The summed E-state index contributed by atoms with van der Waals surface area (Å²) in [6, 6.07) is 5.82. The van der Waals surface area contributed by atoms with E-state index in [4.69, 9.17) is 9.47 Å². The number of ether oxygens (including phenoxy) is 2. The summed E-state index contributed by atoms with van der Waals surface area (Å²) in [7, 11) is 3.26. The molecule has 0 amide bonds. The van der Waals surface area contributed by atoms with Gasteiger partial charge in [0, 0.05) is 18.0 Å². The maximum atomic E-state index is 5.28. The largest absolute Gasteiger partial charge is 0.493 e. The summed E-state index contributed by atoms with van der Waals surface area (Å²) in [6.07, 6.45) is 1.73. The molecule has 2 aromatic rings. The Morgan fingerprint density at radius 2 is 1.94 bits per heavy atom. The SMILES string of the molecule is COc1cc(C)c(NCc2ccn[nH]2)cc1OC. The van der Waals surface area contributed by atoms with Crippen molar-refractivity contribution in [3.8, 4) is 11.5 Å². The molecule has 18 heavy (non-hydrogen) atoms. The zero-order chi connectivity index (χ0) is 13.0. The van der Waals surface area contributed by atoms with Crippen molar-refractivity contribution in [1.82, 2.24) is 10.2 Å². The summed E-state index contributed by atoms with van der Waals surface area (Å²) < 4.78 is 10.5. The predicted molar refractivity (Wildman–Crippen MR) is 70.2 cm³/mol. The molecule has 0 aliphatic carbocycles. The van der Waals surface area contributed by atoms with Crippen LogP contribution in [0.2, 0.25) is 0 Å². The molecule has 1 aromatic carbocycles. The molecule has 0 radical (unpaired) electrons. The van der Waals surface area contributed by atoms with Gasteiger partial charge in [-0.15, -0.1) is 0 Å². The summed E-state index contributed by atoms with van der Waals surface area (Å²) in [5.74, 6) is 1.46. The lowest BCUT2D eigenvalue weighted by molar-refractivity contribution is 0.355. The molecule has 0 fully saturated rings. The van der Waals surface area contributed by atoms with E-state index in [9.17, 15) is 0 Å². The number of methoxy groups -OCH3 is 2. The van der Waals surface area contributed by atoms with Crippen LogP contribution in [-0.2, 0) is 6.54 Å². The number of rotatable bonds is 5. The summed E-state index contributed by atoms with van der Waals surface area (Å²) in [5, 5.41) is 10.2. The van der Waals surface area contributed by atoms with Gasteiger partial charge in [-0.1, -0.05) is 0 Å². The Hall–Kier alpha value is -2.17. The normalized spacial score (nSPS) is 10.2. The number of hydrogen-bond donors (Lipinski definition) is 2. The van der Waals surface area contributed by atoms with E-state index in [1.165, 1.54) is 0 Å². The van der Waals surface area contributed by atoms with Gasteiger partial charge in [0.25, 0.3) is 0 Å². The van der Waals surface area contributed by atoms with Crippen LogP contribution in [0.15, 0.2) is 24.4 Å². The van der Waals surface area contributed by atoms with Crippen LogP contribution in [0, 0.1) is 6.92 Å². The topological polar surface area (TPSA) is 59.2 Å². The van der Waals surface area contributed by atoms with Crippen molar-refractivity contribution in [2.75, 3.05) is 19.5 Å². The van der Waals surface area contributed by atoms with Gasteiger partial charge in [0.1, 0.15) is 0 Å². The minimum atomic E-state index is 0.691. The second-order valence-corrected chi connectivity index (χ2v) is 3.96. The van der Waals surface area contributed by atoms with E-state index in [1.807, 2.05) is 25.1 Å². The maximum Gasteiger partial charge on any atom is 0.162 e. The third-order valence-corrected chi connectivity index (χ3v) is 2.76. The van der Waals surface area contributed by atoms with E-state index < -0.39 is 0 Å². The fourth-order valence-electron chi connectivity index (χ4n) is 1.74. The second kappa shape index (κ2) is 5.44. The van der Waals surface area contributed by atoms with Crippen molar-refractivity contribution in [2.45, 2.75) is 13.5 Å². The molecule has 0 saturated heterocycles. The first-order valence-corrected chi connectivity index (χ1v) is 5.69. The van der Waals surface area contributed by atoms with Crippen LogP contribution in [0.25, 0.3) is 0 Å². The lowest BCUT2D eigenvalue weighted by Crippen LogP contribution is -2.02. The van der Waals surface area contributed by atoms with E-state index in [0.29, 0.717) is 6.54 Å². The van der Waals surface area contributed by atoms with Crippen LogP contribution in [0.4, 0.5) is 5.69 Å². The molecule has 0 atom stereocenters. The Labute approximate surface area is 106 Å². The molecule has 1 heterocycles. The molecule has 0 saturated carbocycles. The number of nitrogens with zero attached hydrogens (tertiary/aromatic N) is 1. The zero-order valence-corrected chi connectivity index (χ0v) is 10.8. The number of aromatic nitrogens is 2. The highest BCUT2D eigenvalue weighted by atomic mass is 16.5. The van der Waals surface area contributed by atoms with Crippen molar-refractivity contribution in [1.29, 1.82) is 0 Å². The third kappa shape index (κ3) is 2.56. The van der Waals surface area contributed by atoms with E-state index >= 15 is 0 Å². The lowest BCUT2D eigenvalue weighted by atomic mass is 10.1. The van der Waals surface area contributed by atoms with Crippen molar-refractivity contribution < 1.29 is 9.47 Å². The Kier molecular flexibility index (Phi) is 3.72. The van der Waals surface area contributed by atoms with Gasteiger partial charge in [0.2, 0.25) is 0 Å². The molecule has 0 aliphatic rings. The molecule has 1 aromatic heterocycles. The smallest absolute Gasteiger partial charge is 0.162 e.